The van der Waals surface area contributed by atoms with E-state index in [0.29, 0.717) is 0 Å². The van der Waals surface area contributed by atoms with E-state index in [-0.39, 0.29) is 34.0 Å². The molecule has 1 heterocycles. The molecule has 0 aliphatic rings. The molecule has 272 valence electrons. The third kappa shape index (κ3) is 7.69. The largest absolute Gasteiger partial charge is 1.00 e. The molecule has 0 aliphatic carbocycles. The summed E-state index contributed by atoms with van der Waals surface area (Å²) in [4.78, 5) is 0. The van der Waals surface area contributed by atoms with Gasteiger partial charge in [-0.1, -0.05) is 140 Å². The maximum absolute atomic E-state index is 2.61. The second-order valence-corrected chi connectivity index (χ2v) is 17.7. The lowest BCUT2D eigenvalue weighted by Crippen LogP contribution is -3.00. The lowest BCUT2D eigenvalue weighted by atomic mass is 10.1. The zero-order chi connectivity index (χ0) is 35.5. The third-order valence-electron chi connectivity index (χ3n) is 10.9. The van der Waals surface area contributed by atoms with Gasteiger partial charge in [0.05, 0.1) is 12.6 Å². The van der Waals surface area contributed by atoms with Crippen LogP contribution in [0.3, 0.4) is 0 Å². The Kier molecular flexibility index (Phi) is 12.1. The molecule has 0 aliphatic heterocycles. The van der Waals surface area contributed by atoms with Gasteiger partial charge < -0.3 is 34.0 Å². The summed E-state index contributed by atoms with van der Waals surface area (Å²) in [5.41, 5.74) is 5.21. The zero-order valence-electron chi connectivity index (χ0n) is 30.7. The van der Waals surface area contributed by atoms with Crippen molar-refractivity contribution >= 4 is 55.8 Å². The van der Waals surface area contributed by atoms with E-state index < -0.39 is 7.26 Å². The summed E-state index contributed by atoms with van der Waals surface area (Å²) >= 11 is 0. The van der Waals surface area contributed by atoms with Crippen LogP contribution in [0.2, 0.25) is 0 Å². The molecule has 0 fully saturated rings. The van der Waals surface area contributed by atoms with E-state index in [1.54, 1.807) is 0 Å². The summed E-state index contributed by atoms with van der Waals surface area (Å²) in [6.45, 7) is 1.64. The predicted molar refractivity (Wildman–Crippen MR) is 227 cm³/mol. The first-order chi connectivity index (χ1) is 26.3. The van der Waals surface area contributed by atoms with Crippen molar-refractivity contribution in [2.24, 2.45) is 0 Å². The number of para-hydroxylation sites is 2. The molecular weight excluding hydrogens is 819 g/mol. The topological polar surface area (TPSA) is 8.81 Å². The normalized spacial score (nSPS) is 11.3. The molecule has 0 atom stereocenters. The fourth-order valence-electron chi connectivity index (χ4n) is 8.36. The van der Waals surface area contributed by atoms with Crippen molar-refractivity contribution < 1.29 is 38.5 Å². The summed E-state index contributed by atoms with van der Waals surface area (Å²) in [7, 11) is -1.96. The van der Waals surface area contributed by atoms with Crippen LogP contribution < -0.4 is 54.4 Å². The average molecular weight is 863 g/mol. The van der Waals surface area contributed by atoms with E-state index in [9.17, 15) is 0 Å². The lowest BCUT2D eigenvalue weighted by molar-refractivity contribution is -0.671. The Morgan fingerprint density at radius 2 is 0.891 bits per heavy atom. The van der Waals surface area contributed by atoms with Gasteiger partial charge in [0, 0.05) is 0 Å². The van der Waals surface area contributed by atoms with Gasteiger partial charge in [0.15, 0.2) is 11.0 Å². The van der Waals surface area contributed by atoms with Gasteiger partial charge in [-0.15, -0.1) is 0 Å². The Morgan fingerprint density at radius 3 is 1.45 bits per heavy atom. The molecule has 55 heavy (non-hydrogen) atoms. The highest BCUT2D eigenvalue weighted by Gasteiger charge is 2.45. The molecule has 0 radical (unpaired) electrons. The zero-order valence-corrected chi connectivity index (χ0v) is 34.8. The van der Waals surface area contributed by atoms with E-state index >= 15 is 0 Å². The van der Waals surface area contributed by atoms with Gasteiger partial charge in [-0.2, -0.15) is 0 Å². The predicted octanol–water partition coefficient (Wildman–Crippen LogP) is 4.27. The molecule has 5 heteroatoms. The van der Waals surface area contributed by atoms with Gasteiger partial charge in [0.2, 0.25) is 0 Å². The van der Waals surface area contributed by atoms with E-state index in [0.717, 1.165) is 32.1 Å². The number of hydrogen-bond donors (Lipinski definition) is 0. The van der Waals surface area contributed by atoms with Crippen molar-refractivity contribution in [3.8, 4) is 0 Å². The number of halogens is 2. The fourth-order valence-corrected chi connectivity index (χ4v) is 12.7. The fraction of sp³-hybridized carbons (Fsp3) is 0.100. The Labute approximate surface area is 346 Å². The van der Waals surface area contributed by atoms with E-state index in [1.807, 2.05) is 0 Å². The van der Waals surface area contributed by atoms with Gasteiger partial charge in [-0.3, -0.25) is 0 Å². The minimum Gasteiger partial charge on any atom is -1.00 e. The summed E-state index contributed by atoms with van der Waals surface area (Å²) in [6, 6.07) is 74.3. The van der Waals surface area contributed by atoms with Crippen LogP contribution in [-0.2, 0) is 19.5 Å². The molecule has 8 aromatic carbocycles. The standard InChI is InChI=1S/C50H43N2P.2BrH/c1-4-21-45(22-5-1)53(46-23-6-2-7-24-46,47-25-8-3-9-26-47)34-16-29-50-51(37-39-30-32-41-17-10-12-19-43(41)35-39)48-27-14-15-28-49(48)52(50)38-40-31-33-42-18-11-13-20-44(42)36-40;;/h1-15,17-28,30-33,35-36H,16,29,34,37-38H2;2*1H/q+2;;/p-2. The molecule has 0 amide bonds. The lowest BCUT2D eigenvalue weighted by Gasteiger charge is -2.27. The van der Waals surface area contributed by atoms with Crippen LogP contribution in [0, 0.1) is 0 Å². The maximum Gasteiger partial charge on any atom is 0.258 e. The molecular formula is C50H43Br2N2P. The summed E-state index contributed by atoms with van der Waals surface area (Å²) in [6.07, 6.45) is 3.10. The molecule has 0 bridgehead atoms. The van der Waals surface area contributed by atoms with Crippen molar-refractivity contribution in [1.29, 1.82) is 0 Å². The first-order valence-corrected chi connectivity index (χ1v) is 20.7. The first kappa shape index (κ1) is 38.4. The highest BCUT2D eigenvalue weighted by atomic mass is 79.9. The maximum atomic E-state index is 2.61. The quantitative estimate of drug-likeness (QED) is 0.136. The smallest absolute Gasteiger partial charge is 0.258 e. The van der Waals surface area contributed by atoms with Gasteiger partial charge in [-0.05, 0) is 99.8 Å². The molecule has 1 aromatic heterocycles. The SMILES string of the molecule is [Br-].[Br-].c1ccc([P+](CCCc2n(Cc3ccc4ccccc4c3)c3ccccc3[n+]2Cc2ccc3ccccc3c2)(c2ccccc2)c2ccccc2)cc1. The second kappa shape index (κ2) is 17.3. The van der Waals surface area contributed by atoms with Crippen LogP contribution in [-0.4, -0.2) is 10.7 Å². The first-order valence-electron chi connectivity index (χ1n) is 18.8. The minimum atomic E-state index is -1.96. The van der Waals surface area contributed by atoms with Gasteiger partial charge in [0.25, 0.3) is 5.82 Å². The van der Waals surface area contributed by atoms with E-state index in [2.05, 4.69) is 209 Å². The Balaban J connectivity index is 0.00000233. The molecule has 0 saturated carbocycles. The van der Waals surface area contributed by atoms with Crippen LogP contribution in [0.5, 0.6) is 0 Å². The van der Waals surface area contributed by atoms with Crippen molar-refractivity contribution in [2.45, 2.75) is 25.9 Å². The number of nitrogens with zero attached hydrogens (tertiary/aromatic N) is 2. The summed E-state index contributed by atoms with van der Waals surface area (Å²) in [5.74, 6) is 1.37. The number of benzene rings is 8. The van der Waals surface area contributed by atoms with Crippen LogP contribution in [0.25, 0.3) is 32.6 Å². The third-order valence-corrected chi connectivity index (χ3v) is 15.4. The molecule has 0 saturated heterocycles. The van der Waals surface area contributed by atoms with Crippen LogP contribution in [0.1, 0.15) is 23.4 Å². The number of rotatable bonds is 11. The van der Waals surface area contributed by atoms with Crippen LogP contribution >= 0.6 is 7.26 Å². The Hall–Kier alpha value is -4.86. The number of imidazole rings is 1. The number of aromatic nitrogens is 2. The molecule has 2 nitrogen and oxygen atoms in total. The van der Waals surface area contributed by atoms with E-state index in [1.165, 1.54) is 65.4 Å². The second-order valence-electron chi connectivity index (χ2n) is 14.1. The summed E-state index contributed by atoms with van der Waals surface area (Å²) in [5, 5.41) is 9.46. The van der Waals surface area contributed by atoms with Crippen molar-refractivity contribution in [3.05, 3.63) is 217 Å². The highest BCUT2D eigenvalue weighted by molar-refractivity contribution is 7.95. The molecule has 0 spiro atoms. The van der Waals surface area contributed by atoms with Gasteiger partial charge in [0.1, 0.15) is 36.3 Å². The van der Waals surface area contributed by atoms with Crippen molar-refractivity contribution in [1.82, 2.24) is 4.57 Å². The highest BCUT2D eigenvalue weighted by Crippen LogP contribution is 2.55. The van der Waals surface area contributed by atoms with Crippen molar-refractivity contribution in [2.75, 3.05) is 6.16 Å². The molecule has 9 aromatic rings. The number of hydrogen-bond acceptors (Lipinski definition) is 0. The molecule has 0 N–H and O–H groups in total. The minimum absolute atomic E-state index is 0. The number of fused-ring (bicyclic) bond motifs is 3. The van der Waals surface area contributed by atoms with Gasteiger partial charge >= 0.3 is 0 Å². The Bertz CT molecular complexity index is 2440. The Morgan fingerprint density at radius 1 is 0.436 bits per heavy atom. The van der Waals surface area contributed by atoms with Crippen LogP contribution in [0.15, 0.2) is 200 Å². The monoisotopic (exact) mass is 860 g/mol. The van der Waals surface area contributed by atoms with Crippen molar-refractivity contribution in [3.63, 3.8) is 0 Å². The molecule has 0 unspecified atom stereocenters. The molecule has 9 rings (SSSR count). The van der Waals surface area contributed by atoms with Gasteiger partial charge in [-0.25, -0.2) is 9.13 Å². The van der Waals surface area contributed by atoms with E-state index in [4.69, 9.17) is 0 Å². The van der Waals surface area contributed by atoms with Crippen LogP contribution in [0.4, 0.5) is 0 Å². The average Bonchev–Trinajstić information content (AvgIpc) is 3.51. The summed E-state index contributed by atoms with van der Waals surface area (Å²) < 4.78 is 5.21.